The molecule has 1 unspecified atom stereocenters. The summed E-state index contributed by atoms with van der Waals surface area (Å²) in [5.74, 6) is 0. The molecule has 0 aliphatic carbocycles. The Morgan fingerprint density at radius 3 is 2.32 bits per heavy atom. The summed E-state index contributed by atoms with van der Waals surface area (Å²) in [6.45, 7) is 3.71. The van der Waals surface area contributed by atoms with Gasteiger partial charge in [-0.2, -0.15) is 0 Å². The highest BCUT2D eigenvalue weighted by molar-refractivity contribution is 6.09. The molecule has 0 aliphatic rings. The van der Waals surface area contributed by atoms with Crippen molar-refractivity contribution in [3.8, 4) is 0 Å². The average molecular weight is 248 g/mol. The zero-order chi connectivity index (χ0) is 13.2. The second-order valence-corrected chi connectivity index (χ2v) is 4.77. The van der Waals surface area contributed by atoms with Crippen LogP contribution in [-0.4, -0.2) is 5.11 Å². The average Bonchev–Trinajstić information content (AvgIpc) is 2.46. The molecule has 0 bridgehead atoms. The predicted molar refractivity (Wildman–Crippen MR) is 81.2 cm³/mol. The van der Waals surface area contributed by atoms with Crippen molar-refractivity contribution in [1.82, 2.24) is 0 Å². The normalized spacial score (nSPS) is 12.7. The van der Waals surface area contributed by atoms with Crippen molar-refractivity contribution in [2.75, 3.05) is 0 Å². The summed E-state index contributed by atoms with van der Waals surface area (Å²) in [6, 6.07) is 18.6. The fraction of sp³-hybridized carbons (Fsp3) is 0.111. The van der Waals surface area contributed by atoms with Gasteiger partial charge in [0.15, 0.2) is 0 Å². The number of benzene rings is 3. The van der Waals surface area contributed by atoms with Gasteiger partial charge in [-0.25, -0.2) is 0 Å². The highest BCUT2D eigenvalue weighted by Crippen LogP contribution is 2.32. The summed E-state index contributed by atoms with van der Waals surface area (Å²) in [5, 5.41) is 15.0. The summed E-state index contributed by atoms with van der Waals surface area (Å²) < 4.78 is 0. The van der Waals surface area contributed by atoms with E-state index in [0.29, 0.717) is 6.42 Å². The lowest BCUT2D eigenvalue weighted by Gasteiger charge is -2.14. The first kappa shape index (κ1) is 11.9. The van der Waals surface area contributed by atoms with Crippen molar-refractivity contribution in [3.63, 3.8) is 0 Å². The number of hydrogen-bond donors (Lipinski definition) is 1. The zero-order valence-electron chi connectivity index (χ0n) is 10.7. The summed E-state index contributed by atoms with van der Waals surface area (Å²) in [4.78, 5) is 0. The van der Waals surface area contributed by atoms with Crippen LogP contribution in [0.25, 0.3) is 21.5 Å². The predicted octanol–water partition coefficient (Wildman–Crippen LogP) is 4.60. The molecule has 0 aromatic heterocycles. The van der Waals surface area contributed by atoms with E-state index in [9.17, 15) is 5.11 Å². The monoisotopic (exact) mass is 248 g/mol. The molecular formula is C18H16O. The van der Waals surface area contributed by atoms with E-state index < -0.39 is 6.10 Å². The molecule has 94 valence electrons. The van der Waals surface area contributed by atoms with Crippen molar-refractivity contribution in [2.24, 2.45) is 0 Å². The molecule has 1 heteroatoms. The molecule has 0 aliphatic heterocycles. The van der Waals surface area contributed by atoms with Crippen molar-refractivity contribution in [3.05, 3.63) is 72.8 Å². The van der Waals surface area contributed by atoms with Crippen molar-refractivity contribution in [2.45, 2.75) is 12.5 Å². The van der Waals surface area contributed by atoms with Gasteiger partial charge in [0.2, 0.25) is 0 Å². The van der Waals surface area contributed by atoms with Crippen LogP contribution in [0.1, 0.15) is 18.1 Å². The van der Waals surface area contributed by atoms with Crippen molar-refractivity contribution in [1.29, 1.82) is 0 Å². The number of rotatable bonds is 3. The first-order valence-electron chi connectivity index (χ1n) is 6.50. The third-order valence-electron chi connectivity index (χ3n) is 3.55. The van der Waals surface area contributed by atoms with Gasteiger partial charge in [-0.15, -0.1) is 6.58 Å². The van der Waals surface area contributed by atoms with E-state index in [-0.39, 0.29) is 0 Å². The van der Waals surface area contributed by atoms with Crippen LogP contribution in [0, 0.1) is 0 Å². The molecule has 3 aromatic rings. The molecule has 3 aromatic carbocycles. The molecule has 1 N–H and O–H groups in total. The summed E-state index contributed by atoms with van der Waals surface area (Å²) >= 11 is 0. The van der Waals surface area contributed by atoms with E-state index >= 15 is 0 Å². The van der Waals surface area contributed by atoms with Gasteiger partial charge in [0.1, 0.15) is 0 Å². The molecule has 1 nitrogen and oxygen atoms in total. The Kier molecular flexibility index (Phi) is 3.06. The third kappa shape index (κ3) is 2.02. The minimum absolute atomic E-state index is 0.494. The smallest absolute Gasteiger partial charge is 0.0830 e. The Balaban J connectivity index is 2.38. The van der Waals surface area contributed by atoms with E-state index in [2.05, 4.69) is 43.0 Å². The first-order valence-corrected chi connectivity index (χ1v) is 6.50. The molecule has 1 atom stereocenters. The van der Waals surface area contributed by atoms with Crippen LogP contribution < -0.4 is 0 Å². The van der Waals surface area contributed by atoms with E-state index in [4.69, 9.17) is 0 Å². The maximum Gasteiger partial charge on any atom is 0.0830 e. The van der Waals surface area contributed by atoms with Gasteiger partial charge >= 0.3 is 0 Å². The zero-order valence-corrected chi connectivity index (χ0v) is 10.7. The Labute approximate surface area is 112 Å². The van der Waals surface area contributed by atoms with Crippen LogP contribution in [0.15, 0.2) is 67.3 Å². The lowest BCUT2D eigenvalue weighted by Crippen LogP contribution is -1.97. The van der Waals surface area contributed by atoms with E-state index in [1.165, 1.54) is 16.2 Å². The molecule has 3 rings (SSSR count). The van der Waals surface area contributed by atoms with Crippen molar-refractivity contribution >= 4 is 21.5 Å². The minimum Gasteiger partial charge on any atom is -0.388 e. The number of fused-ring (bicyclic) bond motifs is 3. The Hall–Kier alpha value is -2.12. The quantitative estimate of drug-likeness (QED) is 0.530. The number of aliphatic hydroxyl groups excluding tert-OH is 1. The van der Waals surface area contributed by atoms with Crippen LogP contribution in [0.4, 0.5) is 0 Å². The molecule has 0 radical (unpaired) electrons. The van der Waals surface area contributed by atoms with Gasteiger partial charge in [-0.3, -0.25) is 0 Å². The lowest BCUT2D eigenvalue weighted by molar-refractivity contribution is 0.183. The van der Waals surface area contributed by atoms with Crippen molar-refractivity contribution < 1.29 is 5.11 Å². The molecule has 19 heavy (non-hydrogen) atoms. The highest BCUT2D eigenvalue weighted by Gasteiger charge is 2.12. The fourth-order valence-electron chi connectivity index (χ4n) is 2.64. The second kappa shape index (κ2) is 4.87. The maximum atomic E-state index is 10.3. The second-order valence-electron chi connectivity index (χ2n) is 4.77. The topological polar surface area (TPSA) is 20.2 Å². The van der Waals surface area contributed by atoms with Crippen LogP contribution in [0.3, 0.4) is 0 Å². The van der Waals surface area contributed by atoms with E-state index in [0.717, 1.165) is 10.9 Å². The Morgan fingerprint density at radius 1 is 0.947 bits per heavy atom. The standard InChI is InChI=1S/C18H16O/c1-2-7-18(19)17-12-13-8-3-4-9-14(13)15-10-5-6-11-16(15)17/h2-6,8-12,18-19H,1,7H2. The molecule has 0 fully saturated rings. The Bertz CT molecular complexity index is 743. The van der Waals surface area contributed by atoms with Gasteiger partial charge in [-0.1, -0.05) is 54.6 Å². The Morgan fingerprint density at radius 2 is 1.58 bits per heavy atom. The van der Waals surface area contributed by atoms with Gasteiger partial charge in [0.05, 0.1) is 6.10 Å². The third-order valence-corrected chi connectivity index (χ3v) is 3.55. The molecule has 0 amide bonds. The maximum absolute atomic E-state index is 10.3. The number of hydrogen-bond acceptors (Lipinski definition) is 1. The molecular weight excluding hydrogens is 232 g/mol. The molecule has 0 saturated heterocycles. The fourth-order valence-corrected chi connectivity index (χ4v) is 2.64. The lowest BCUT2D eigenvalue weighted by atomic mass is 9.93. The van der Waals surface area contributed by atoms with Gasteiger partial charge in [0, 0.05) is 0 Å². The van der Waals surface area contributed by atoms with Gasteiger partial charge < -0.3 is 5.11 Å². The van der Waals surface area contributed by atoms with Crippen LogP contribution in [0.5, 0.6) is 0 Å². The van der Waals surface area contributed by atoms with Crippen LogP contribution in [0.2, 0.25) is 0 Å². The SMILES string of the molecule is C=CCC(O)c1cc2ccccc2c2ccccc12. The summed E-state index contributed by atoms with van der Waals surface area (Å²) in [7, 11) is 0. The molecule has 0 heterocycles. The summed E-state index contributed by atoms with van der Waals surface area (Å²) in [5.41, 5.74) is 0.981. The van der Waals surface area contributed by atoms with Gasteiger partial charge in [-0.05, 0) is 39.6 Å². The molecule has 0 spiro atoms. The highest BCUT2D eigenvalue weighted by atomic mass is 16.3. The van der Waals surface area contributed by atoms with E-state index in [1.54, 1.807) is 6.08 Å². The number of aliphatic hydroxyl groups is 1. The minimum atomic E-state index is -0.494. The van der Waals surface area contributed by atoms with Crippen LogP contribution >= 0.6 is 0 Å². The molecule has 0 saturated carbocycles. The summed E-state index contributed by atoms with van der Waals surface area (Å²) in [6.07, 6.45) is 1.84. The van der Waals surface area contributed by atoms with E-state index in [1.807, 2.05) is 18.2 Å². The largest absolute Gasteiger partial charge is 0.388 e. The van der Waals surface area contributed by atoms with Gasteiger partial charge in [0.25, 0.3) is 0 Å². The van der Waals surface area contributed by atoms with Crippen LogP contribution in [-0.2, 0) is 0 Å². The first-order chi connectivity index (χ1) is 9.31.